The van der Waals surface area contributed by atoms with E-state index >= 15 is 0 Å². The summed E-state index contributed by atoms with van der Waals surface area (Å²) in [5.41, 5.74) is 1.83. The maximum absolute atomic E-state index is 6.22. The van der Waals surface area contributed by atoms with E-state index in [-0.39, 0.29) is 0 Å². The molecule has 0 amide bonds. The summed E-state index contributed by atoms with van der Waals surface area (Å²) in [6.07, 6.45) is 0. The Morgan fingerprint density at radius 2 is 1.74 bits per heavy atom. The number of hydrogen-bond acceptors (Lipinski definition) is 4. The highest BCUT2D eigenvalue weighted by Gasteiger charge is 2.13. The molecule has 0 N–H and O–H groups in total. The Morgan fingerprint density at radius 3 is 2.43 bits per heavy atom. The molecule has 0 fully saturated rings. The first-order chi connectivity index (χ1) is 11.0. The standard InChI is InChI=1S/C15H11Cl3N4S/c1-22-14(10-4-2-3-5-11(10)16)20-21-15(22)23-8-9-6-12(17)19-13(18)7-9/h2-7H,8H2,1H3. The molecular formula is C15H11Cl3N4S. The van der Waals surface area contributed by atoms with Crippen LogP contribution in [-0.2, 0) is 12.8 Å². The average Bonchev–Trinajstić information content (AvgIpc) is 2.86. The third-order valence-corrected chi connectivity index (χ3v) is 4.95. The first kappa shape index (κ1) is 16.6. The van der Waals surface area contributed by atoms with Crippen molar-refractivity contribution in [3.63, 3.8) is 0 Å². The van der Waals surface area contributed by atoms with E-state index in [9.17, 15) is 0 Å². The fourth-order valence-electron chi connectivity index (χ4n) is 2.06. The maximum Gasteiger partial charge on any atom is 0.191 e. The smallest absolute Gasteiger partial charge is 0.191 e. The quantitative estimate of drug-likeness (QED) is 0.461. The summed E-state index contributed by atoms with van der Waals surface area (Å²) in [6.45, 7) is 0. The van der Waals surface area contributed by atoms with Crippen molar-refractivity contribution in [1.29, 1.82) is 0 Å². The van der Waals surface area contributed by atoms with E-state index in [1.54, 1.807) is 23.9 Å². The Bertz CT molecular complexity index is 830. The van der Waals surface area contributed by atoms with Gasteiger partial charge < -0.3 is 4.57 Å². The number of aromatic nitrogens is 4. The molecule has 2 aromatic heterocycles. The highest BCUT2D eigenvalue weighted by atomic mass is 35.5. The van der Waals surface area contributed by atoms with Gasteiger partial charge in [-0.3, -0.25) is 0 Å². The van der Waals surface area contributed by atoms with Crippen LogP contribution in [0.25, 0.3) is 11.4 Å². The zero-order valence-corrected chi connectivity index (χ0v) is 15.1. The predicted molar refractivity (Wildman–Crippen MR) is 95.3 cm³/mol. The van der Waals surface area contributed by atoms with Gasteiger partial charge in [-0.2, -0.15) is 0 Å². The van der Waals surface area contributed by atoms with Gasteiger partial charge in [-0.05, 0) is 29.8 Å². The molecule has 23 heavy (non-hydrogen) atoms. The van der Waals surface area contributed by atoms with Crippen LogP contribution in [0.3, 0.4) is 0 Å². The molecule has 0 radical (unpaired) electrons. The molecule has 0 aliphatic rings. The molecular weight excluding hydrogens is 375 g/mol. The second-order valence-corrected chi connectivity index (χ2v) is 6.88. The van der Waals surface area contributed by atoms with Crippen molar-refractivity contribution in [3.05, 3.63) is 57.3 Å². The molecule has 8 heteroatoms. The zero-order valence-electron chi connectivity index (χ0n) is 12.0. The van der Waals surface area contributed by atoms with Crippen LogP contribution in [0.2, 0.25) is 15.3 Å². The van der Waals surface area contributed by atoms with Crippen molar-refractivity contribution in [2.45, 2.75) is 10.9 Å². The number of thioether (sulfide) groups is 1. The lowest BCUT2D eigenvalue weighted by molar-refractivity contribution is 0.794. The van der Waals surface area contributed by atoms with Crippen LogP contribution in [0.5, 0.6) is 0 Å². The van der Waals surface area contributed by atoms with Crippen molar-refractivity contribution in [2.24, 2.45) is 7.05 Å². The first-order valence-corrected chi connectivity index (χ1v) is 8.75. The highest BCUT2D eigenvalue weighted by molar-refractivity contribution is 7.98. The van der Waals surface area contributed by atoms with Crippen LogP contribution in [0.15, 0.2) is 41.6 Å². The summed E-state index contributed by atoms with van der Waals surface area (Å²) in [5, 5.41) is 10.6. The molecule has 0 aliphatic heterocycles. The number of halogens is 3. The lowest BCUT2D eigenvalue weighted by atomic mass is 10.2. The van der Waals surface area contributed by atoms with Crippen molar-refractivity contribution in [1.82, 2.24) is 19.7 Å². The monoisotopic (exact) mass is 384 g/mol. The lowest BCUT2D eigenvalue weighted by Gasteiger charge is -2.06. The summed E-state index contributed by atoms with van der Waals surface area (Å²) in [6, 6.07) is 11.1. The molecule has 0 saturated heterocycles. The fourth-order valence-corrected chi connectivity index (χ4v) is 3.63. The molecule has 0 saturated carbocycles. The topological polar surface area (TPSA) is 43.6 Å². The molecule has 4 nitrogen and oxygen atoms in total. The van der Waals surface area contributed by atoms with Gasteiger partial charge in [0.2, 0.25) is 0 Å². The highest BCUT2D eigenvalue weighted by Crippen LogP contribution is 2.29. The van der Waals surface area contributed by atoms with E-state index in [1.807, 2.05) is 35.9 Å². The summed E-state index contributed by atoms with van der Waals surface area (Å²) < 4.78 is 1.91. The van der Waals surface area contributed by atoms with E-state index in [1.165, 1.54) is 0 Å². The van der Waals surface area contributed by atoms with Crippen LogP contribution in [0.1, 0.15) is 5.56 Å². The second-order valence-electron chi connectivity index (χ2n) is 4.75. The number of benzene rings is 1. The SMILES string of the molecule is Cn1c(SCc2cc(Cl)nc(Cl)c2)nnc1-c1ccccc1Cl. The van der Waals surface area contributed by atoms with Gasteiger partial charge >= 0.3 is 0 Å². The molecule has 3 rings (SSSR count). The Kier molecular flexibility index (Phi) is 5.11. The minimum absolute atomic E-state index is 0.378. The average molecular weight is 386 g/mol. The Morgan fingerprint density at radius 1 is 1.04 bits per heavy atom. The third kappa shape index (κ3) is 3.80. The van der Waals surface area contributed by atoms with Crippen molar-refractivity contribution >= 4 is 46.6 Å². The first-order valence-electron chi connectivity index (χ1n) is 6.63. The predicted octanol–water partition coefficient (Wildman–Crippen LogP) is 5.13. The van der Waals surface area contributed by atoms with Gasteiger partial charge in [0.25, 0.3) is 0 Å². The van der Waals surface area contributed by atoms with Gasteiger partial charge in [-0.15, -0.1) is 10.2 Å². The molecule has 3 aromatic rings. The van der Waals surface area contributed by atoms with Crippen LogP contribution < -0.4 is 0 Å². The number of pyridine rings is 1. The van der Waals surface area contributed by atoms with Gasteiger partial charge in [-0.1, -0.05) is 58.7 Å². The van der Waals surface area contributed by atoms with Gasteiger partial charge in [0, 0.05) is 18.4 Å². The minimum Gasteiger partial charge on any atom is -0.305 e. The van der Waals surface area contributed by atoms with Crippen molar-refractivity contribution in [2.75, 3.05) is 0 Å². The van der Waals surface area contributed by atoms with Crippen LogP contribution in [0.4, 0.5) is 0 Å². The number of nitrogens with zero attached hydrogens (tertiary/aromatic N) is 4. The van der Waals surface area contributed by atoms with Gasteiger partial charge in [-0.25, -0.2) is 4.98 Å². The van der Waals surface area contributed by atoms with Crippen LogP contribution in [-0.4, -0.2) is 19.7 Å². The zero-order chi connectivity index (χ0) is 16.4. The van der Waals surface area contributed by atoms with Gasteiger partial charge in [0.15, 0.2) is 11.0 Å². The van der Waals surface area contributed by atoms with E-state index < -0.39 is 0 Å². The van der Waals surface area contributed by atoms with Crippen LogP contribution >= 0.6 is 46.6 Å². The number of rotatable bonds is 4. The van der Waals surface area contributed by atoms with Crippen LogP contribution in [0, 0.1) is 0 Å². The summed E-state index contributed by atoms with van der Waals surface area (Å²) >= 11 is 19.6. The molecule has 0 bridgehead atoms. The van der Waals surface area contributed by atoms with Gasteiger partial charge in [0.1, 0.15) is 10.3 Å². The molecule has 0 spiro atoms. The Labute approximate surface area is 152 Å². The lowest BCUT2D eigenvalue weighted by Crippen LogP contribution is -1.95. The third-order valence-electron chi connectivity index (χ3n) is 3.14. The van der Waals surface area contributed by atoms with Gasteiger partial charge in [0.05, 0.1) is 5.02 Å². The summed E-state index contributed by atoms with van der Waals surface area (Å²) in [4.78, 5) is 3.93. The minimum atomic E-state index is 0.378. The van der Waals surface area contributed by atoms with E-state index in [2.05, 4.69) is 15.2 Å². The molecule has 0 aliphatic carbocycles. The van der Waals surface area contributed by atoms with E-state index in [0.717, 1.165) is 22.1 Å². The maximum atomic E-state index is 6.22. The molecule has 118 valence electrons. The number of hydrogen-bond donors (Lipinski definition) is 0. The Hall–Kier alpha value is -1.27. The summed E-state index contributed by atoms with van der Waals surface area (Å²) in [7, 11) is 1.91. The molecule has 2 heterocycles. The van der Waals surface area contributed by atoms with E-state index in [4.69, 9.17) is 34.8 Å². The Balaban J connectivity index is 1.81. The fraction of sp³-hybridized carbons (Fsp3) is 0.133. The second kappa shape index (κ2) is 7.09. The van der Waals surface area contributed by atoms with Crippen molar-refractivity contribution in [3.8, 4) is 11.4 Å². The largest absolute Gasteiger partial charge is 0.305 e. The normalized spacial score (nSPS) is 11.0. The summed E-state index contributed by atoms with van der Waals surface area (Å²) in [5.74, 6) is 1.39. The molecule has 0 unspecified atom stereocenters. The van der Waals surface area contributed by atoms with E-state index in [0.29, 0.717) is 21.1 Å². The molecule has 1 aromatic carbocycles. The van der Waals surface area contributed by atoms with Crippen molar-refractivity contribution < 1.29 is 0 Å². The molecule has 0 atom stereocenters.